The van der Waals surface area contributed by atoms with Gasteiger partial charge in [-0.25, -0.2) is 0 Å². The molecule has 1 amide bonds. The van der Waals surface area contributed by atoms with Gasteiger partial charge in [0.25, 0.3) is 5.91 Å². The number of ether oxygens (including phenoxy) is 1. The molecular formula is C13H12N4O3. The lowest BCUT2D eigenvalue weighted by Gasteiger charge is -2.07. The number of rotatable bonds is 6. The van der Waals surface area contributed by atoms with Gasteiger partial charge in [0.1, 0.15) is 11.8 Å². The van der Waals surface area contributed by atoms with Crippen molar-refractivity contribution < 1.29 is 14.1 Å². The fourth-order valence-corrected chi connectivity index (χ4v) is 1.49. The summed E-state index contributed by atoms with van der Waals surface area (Å²) in [5.41, 5.74) is 0.395. The average Bonchev–Trinajstić information content (AvgIpc) is 2.98. The molecule has 0 fully saturated rings. The molecule has 7 heteroatoms. The third kappa shape index (κ3) is 3.81. The lowest BCUT2D eigenvalue weighted by molar-refractivity contribution is -0.123. The molecule has 1 heterocycles. The lowest BCUT2D eigenvalue weighted by Crippen LogP contribution is -2.30. The van der Waals surface area contributed by atoms with Crippen LogP contribution in [0.1, 0.15) is 11.5 Å². The number of benzene rings is 1. The second kappa shape index (κ2) is 6.89. The Balaban J connectivity index is 1.74. The number of aromatic nitrogens is 2. The zero-order chi connectivity index (χ0) is 14.2. The highest BCUT2D eigenvalue weighted by Crippen LogP contribution is 2.15. The Hall–Kier alpha value is -2.88. The highest BCUT2D eigenvalue weighted by Gasteiger charge is 2.06. The van der Waals surface area contributed by atoms with Gasteiger partial charge in [-0.2, -0.15) is 10.2 Å². The summed E-state index contributed by atoms with van der Waals surface area (Å²) in [6.45, 7) is 0.229. The van der Waals surface area contributed by atoms with Crippen molar-refractivity contribution in [1.82, 2.24) is 15.5 Å². The van der Waals surface area contributed by atoms with Crippen molar-refractivity contribution >= 4 is 5.91 Å². The summed E-state index contributed by atoms with van der Waals surface area (Å²) in [5.74, 6) is 0.570. The molecule has 0 radical (unpaired) electrons. The lowest BCUT2D eigenvalue weighted by atomic mass is 10.2. The van der Waals surface area contributed by atoms with Crippen LogP contribution >= 0.6 is 0 Å². The van der Waals surface area contributed by atoms with E-state index in [9.17, 15) is 4.79 Å². The Bertz CT molecular complexity index is 604. The van der Waals surface area contributed by atoms with Crippen molar-refractivity contribution in [2.45, 2.75) is 6.42 Å². The zero-order valence-electron chi connectivity index (χ0n) is 10.6. The van der Waals surface area contributed by atoms with Gasteiger partial charge in [-0.15, -0.1) is 0 Å². The van der Waals surface area contributed by atoms with Crippen LogP contribution in [0.2, 0.25) is 0 Å². The third-order valence-electron chi connectivity index (χ3n) is 2.43. The number of nitrogens with zero attached hydrogens (tertiary/aromatic N) is 3. The van der Waals surface area contributed by atoms with Gasteiger partial charge in [0.15, 0.2) is 12.9 Å². The van der Waals surface area contributed by atoms with Crippen LogP contribution in [0.4, 0.5) is 0 Å². The van der Waals surface area contributed by atoms with E-state index in [2.05, 4.69) is 15.5 Å². The van der Waals surface area contributed by atoms with Gasteiger partial charge in [0.05, 0.1) is 5.56 Å². The first-order chi connectivity index (χ1) is 9.79. The van der Waals surface area contributed by atoms with Crippen LogP contribution in [0, 0.1) is 11.3 Å². The molecule has 0 unspecified atom stereocenters. The van der Waals surface area contributed by atoms with Crippen molar-refractivity contribution in [2.24, 2.45) is 0 Å². The fraction of sp³-hybridized carbons (Fsp3) is 0.231. The maximum atomic E-state index is 11.6. The SMILES string of the molecule is N#Cc1ccccc1OCC(=O)NCCc1ncno1. The van der Waals surface area contributed by atoms with E-state index in [4.69, 9.17) is 14.5 Å². The van der Waals surface area contributed by atoms with E-state index in [1.165, 1.54) is 6.33 Å². The Morgan fingerprint density at radius 3 is 3.05 bits per heavy atom. The molecule has 2 rings (SSSR count). The maximum absolute atomic E-state index is 11.6. The van der Waals surface area contributed by atoms with Gasteiger partial charge >= 0.3 is 0 Å². The Morgan fingerprint density at radius 2 is 2.30 bits per heavy atom. The normalized spacial score (nSPS) is 9.75. The smallest absolute Gasteiger partial charge is 0.257 e. The molecule has 0 aliphatic rings. The first kappa shape index (κ1) is 13.5. The van der Waals surface area contributed by atoms with Crippen molar-refractivity contribution in [1.29, 1.82) is 5.26 Å². The van der Waals surface area contributed by atoms with Crippen LogP contribution in [0.15, 0.2) is 35.1 Å². The minimum Gasteiger partial charge on any atom is -0.482 e. The monoisotopic (exact) mass is 272 g/mol. The van der Waals surface area contributed by atoms with Crippen LogP contribution in [-0.2, 0) is 11.2 Å². The molecule has 0 atom stereocenters. The number of nitriles is 1. The van der Waals surface area contributed by atoms with Crippen molar-refractivity contribution in [2.75, 3.05) is 13.2 Å². The number of nitrogens with one attached hydrogen (secondary N) is 1. The summed E-state index contributed by atoms with van der Waals surface area (Å²) in [6.07, 6.45) is 1.76. The van der Waals surface area contributed by atoms with Gasteiger partial charge in [0.2, 0.25) is 5.89 Å². The number of para-hydroxylation sites is 1. The molecule has 1 aromatic heterocycles. The summed E-state index contributed by atoms with van der Waals surface area (Å²) in [5, 5.41) is 15.0. The van der Waals surface area contributed by atoms with Crippen LogP contribution < -0.4 is 10.1 Å². The van der Waals surface area contributed by atoms with E-state index in [-0.39, 0.29) is 12.5 Å². The molecule has 0 saturated heterocycles. The van der Waals surface area contributed by atoms with Crippen molar-refractivity contribution in [3.63, 3.8) is 0 Å². The number of hydrogen-bond acceptors (Lipinski definition) is 6. The van der Waals surface area contributed by atoms with Crippen molar-refractivity contribution in [3.05, 3.63) is 42.0 Å². The summed E-state index contributed by atoms with van der Waals surface area (Å²) in [6, 6.07) is 8.74. The highest BCUT2D eigenvalue weighted by atomic mass is 16.5. The molecule has 0 spiro atoms. The molecular weight excluding hydrogens is 260 g/mol. The summed E-state index contributed by atoms with van der Waals surface area (Å²) in [4.78, 5) is 15.4. The van der Waals surface area contributed by atoms with E-state index < -0.39 is 0 Å². The number of carbonyl (C=O) groups is 1. The largest absolute Gasteiger partial charge is 0.482 e. The van der Waals surface area contributed by atoms with Crippen LogP contribution in [0.5, 0.6) is 5.75 Å². The molecule has 1 aromatic carbocycles. The fourth-order valence-electron chi connectivity index (χ4n) is 1.49. The van der Waals surface area contributed by atoms with Crippen LogP contribution in [0.3, 0.4) is 0 Å². The molecule has 0 aliphatic carbocycles. The van der Waals surface area contributed by atoms with E-state index in [0.717, 1.165) is 0 Å². The summed E-state index contributed by atoms with van der Waals surface area (Å²) in [7, 11) is 0. The van der Waals surface area contributed by atoms with Gasteiger partial charge in [-0.1, -0.05) is 17.3 Å². The van der Waals surface area contributed by atoms with Gasteiger partial charge in [-0.3, -0.25) is 4.79 Å². The minimum atomic E-state index is -0.280. The third-order valence-corrected chi connectivity index (χ3v) is 2.43. The van der Waals surface area contributed by atoms with Gasteiger partial charge < -0.3 is 14.6 Å². The standard InChI is InChI=1S/C13H12N4O3/c14-7-10-3-1-2-4-11(10)19-8-12(18)15-6-5-13-16-9-17-20-13/h1-4,9H,5-6,8H2,(H,15,18). The predicted octanol–water partition coefficient (Wildman–Crippen LogP) is 0.679. The first-order valence-electron chi connectivity index (χ1n) is 5.94. The average molecular weight is 272 g/mol. The second-order valence-corrected chi connectivity index (χ2v) is 3.83. The zero-order valence-corrected chi connectivity index (χ0v) is 10.6. The summed E-state index contributed by atoms with van der Waals surface area (Å²) >= 11 is 0. The van der Waals surface area contributed by atoms with Crippen LogP contribution in [-0.4, -0.2) is 29.2 Å². The minimum absolute atomic E-state index is 0.150. The van der Waals surface area contributed by atoms with Crippen molar-refractivity contribution in [3.8, 4) is 11.8 Å². The van der Waals surface area contributed by atoms with E-state index >= 15 is 0 Å². The Kier molecular flexibility index (Phi) is 4.67. The first-order valence-corrected chi connectivity index (χ1v) is 5.94. The quantitative estimate of drug-likeness (QED) is 0.829. The molecule has 7 nitrogen and oxygen atoms in total. The molecule has 1 N–H and O–H groups in total. The summed E-state index contributed by atoms with van der Waals surface area (Å²) < 4.78 is 10.1. The molecule has 102 valence electrons. The topological polar surface area (TPSA) is 101 Å². The molecule has 0 bridgehead atoms. The highest BCUT2D eigenvalue weighted by molar-refractivity contribution is 5.77. The number of hydrogen-bond donors (Lipinski definition) is 1. The van der Waals surface area contributed by atoms with E-state index in [0.29, 0.717) is 30.2 Å². The Labute approximate surface area is 115 Å². The van der Waals surface area contributed by atoms with Crippen LogP contribution in [0.25, 0.3) is 0 Å². The van der Waals surface area contributed by atoms with Gasteiger partial charge in [-0.05, 0) is 12.1 Å². The van der Waals surface area contributed by atoms with E-state index in [1.54, 1.807) is 24.3 Å². The number of amides is 1. The molecule has 0 aliphatic heterocycles. The molecule has 20 heavy (non-hydrogen) atoms. The predicted molar refractivity (Wildman–Crippen MR) is 67.7 cm³/mol. The second-order valence-electron chi connectivity index (χ2n) is 3.83. The molecule has 2 aromatic rings. The molecule has 0 saturated carbocycles. The number of carbonyl (C=O) groups excluding carboxylic acids is 1. The van der Waals surface area contributed by atoms with E-state index in [1.807, 2.05) is 6.07 Å². The van der Waals surface area contributed by atoms with Gasteiger partial charge in [0, 0.05) is 13.0 Å². The Morgan fingerprint density at radius 1 is 1.45 bits per heavy atom. The maximum Gasteiger partial charge on any atom is 0.257 e.